The Morgan fingerprint density at radius 3 is 2.74 bits per heavy atom. The van der Waals surface area contributed by atoms with Crippen LogP contribution in [0.5, 0.6) is 0 Å². The van der Waals surface area contributed by atoms with Gasteiger partial charge in [0.15, 0.2) is 0 Å². The fourth-order valence-electron chi connectivity index (χ4n) is 3.80. The number of fused-ring (bicyclic) bond motifs is 1. The number of para-hydroxylation sites is 1. The molecule has 0 aliphatic rings. The van der Waals surface area contributed by atoms with Crippen LogP contribution in [0.2, 0.25) is 0 Å². The van der Waals surface area contributed by atoms with Crippen LogP contribution in [-0.4, -0.2) is 46.5 Å². The third kappa shape index (κ3) is 4.47. The first-order valence-electron chi connectivity index (χ1n) is 10.8. The van der Waals surface area contributed by atoms with E-state index in [1.54, 1.807) is 38.6 Å². The van der Waals surface area contributed by atoms with Crippen molar-refractivity contribution in [3.8, 4) is 17.3 Å². The molecule has 0 spiro atoms. The van der Waals surface area contributed by atoms with E-state index >= 15 is 0 Å². The molecule has 0 bridgehead atoms. The number of pyridine rings is 2. The predicted octanol–water partition coefficient (Wildman–Crippen LogP) is 3.58. The molecular formula is C25H24N8O. The van der Waals surface area contributed by atoms with E-state index in [-0.39, 0.29) is 11.8 Å². The molecule has 0 radical (unpaired) electrons. The summed E-state index contributed by atoms with van der Waals surface area (Å²) in [6, 6.07) is 13.3. The lowest BCUT2D eigenvalue weighted by atomic mass is 9.96. The third-order valence-electron chi connectivity index (χ3n) is 5.60. The third-order valence-corrected chi connectivity index (χ3v) is 5.60. The molecule has 9 heteroatoms. The van der Waals surface area contributed by atoms with Crippen LogP contribution in [0.15, 0.2) is 55.1 Å². The Morgan fingerprint density at radius 1 is 1.12 bits per heavy atom. The summed E-state index contributed by atoms with van der Waals surface area (Å²) in [4.78, 5) is 29.8. The largest absolute Gasteiger partial charge is 0.372 e. The topological polar surface area (TPSA) is 129 Å². The highest BCUT2D eigenvalue weighted by atomic mass is 16.1. The second-order valence-corrected chi connectivity index (χ2v) is 7.73. The Hall–Kier alpha value is -4.58. The lowest BCUT2D eigenvalue weighted by Crippen LogP contribution is -2.18. The lowest BCUT2D eigenvalue weighted by Gasteiger charge is -2.16. The number of hydrogen-bond acceptors (Lipinski definition) is 8. The van der Waals surface area contributed by atoms with E-state index in [2.05, 4.69) is 48.9 Å². The van der Waals surface area contributed by atoms with E-state index in [9.17, 15) is 10.1 Å². The maximum absolute atomic E-state index is 12.3. The van der Waals surface area contributed by atoms with Gasteiger partial charge in [0.05, 0.1) is 22.3 Å². The van der Waals surface area contributed by atoms with Gasteiger partial charge in [-0.05, 0) is 17.7 Å². The molecule has 0 aliphatic carbocycles. The molecule has 1 atom stereocenters. The van der Waals surface area contributed by atoms with Crippen molar-refractivity contribution in [1.82, 2.24) is 25.3 Å². The fraction of sp³-hybridized carbons (Fsp3) is 0.200. The number of carbonyl (C=O) groups is 1. The summed E-state index contributed by atoms with van der Waals surface area (Å²) in [5.74, 6) is 1.14. The zero-order valence-corrected chi connectivity index (χ0v) is 19.1. The summed E-state index contributed by atoms with van der Waals surface area (Å²) in [6.07, 6.45) is 4.82. The van der Waals surface area contributed by atoms with Gasteiger partial charge in [-0.3, -0.25) is 9.78 Å². The van der Waals surface area contributed by atoms with Crippen LogP contribution >= 0.6 is 0 Å². The molecule has 3 heterocycles. The van der Waals surface area contributed by atoms with Gasteiger partial charge in [0.1, 0.15) is 24.0 Å². The number of carbonyl (C=O) groups excluding carboxylic acids is 1. The van der Waals surface area contributed by atoms with Gasteiger partial charge in [-0.25, -0.2) is 15.0 Å². The molecule has 170 valence electrons. The smallest absolute Gasteiger partial charge is 0.251 e. The van der Waals surface area contributed by atoms with E-state index < -0.39 is 0 Å². The highest BCUT2D eigenvalue weighted by Gasteiger charge is 2.15. The molecule has 34 heavy (non-hydrogen) atoms. The molecule has 0 aliphatic heterocycles. The minimum Gasteiger partial charge on any atom is -0.372 e. The van der Waals surface area contributed by atoms with E-state index in [1.807, 2.05) is 24.3 Å². The van der Waals surface area contributed by atoms with E-state index in [0.29, 0.717) is 35.0 Å². The summed E-state index contributed by atoms with van der Waals surface area (Å²) >= 11 is 0. The molecule has 4 rings (SSSR count). The molecule has 9 nitrogen and oxygen atoms in total. The van der Waals surface area contributed by atoms with Crippen LogP contribution in [0.4, 0.5) is 11.6 Å². The van der Waals surface area contributed by atoms with E-state index in [0.717, 1.165) is 22.0 Å². The first-order chi connectivity index (χ1) is 16.5. The average molecular weight is 453 g/mol. The molecule has 1 aromatic carbocycles. The number of amides is 1. The summed E-state index contributed by atoms with van der Waals surface area (Å²) in [7, 11) is 3.34. The second-order valence-electron chi connectivity index (χ2n) is 7.73. The molecule has 0 saturated heterocycles. The Labute approximate surface area is 197 Å². The van der Waals surface area contributed by atoms with Crippen LogP contribution in [0.1, 0.15) is 34.3 Å². The maximum Gasteiger partial charge on any atom is 0.251 e. The standard InChI is InChI=1S/C25H24N8O/c1-15(18-5-4-6-19-20(25(34)28-3)7-8-29-23(18)19)12-30-22-10-21(32-14-33-22)17-9-16(11-26)24(27-2)31-13-17/h4-10,13-15H,12H2,1-3H3,(H,27,31)(H,28,34)(H,30,32,33)/t15-/m1/s1. The number of nitrogens with one attached hydrogen (secondary N) is 3. The molecule has 3 aromatic heterocycles. The number of rotatable bonds is 7. The minimum absolute atomic E-state index is 0.0938. The van der Waals surface area contributed by atoms with E-state index in [4.69, 9.17) is 0 Å². The number of aromatic nitrogens is 4. The number of hydrogen-bond donors (Lipinski definition) is 3. The normalized spacial score (nSPS) is 11.5. The van der Waals surface area contributed by atoms with Crippen molar-refractivity contribution in [2.75, 3.05) is 31.3 Å². The molecular weight excluding hydrogens is 428 g/mol. The molecule has 3 N–H and O–H groups in total. The van der Waals surface area contributed by atoms with Gasteiger partial charge in [0, 0.05) is 56.0 Å². The molecule has 1 amide bonds. The van der Waals surface area contributed by atoms with Crippen molar-refractivity contribution < 1.29 is 4.79 Å². The van der Waals surface area contributed by atoms with Crippen LogP contribution in [0, 0.1) is 11.3 Å². The Morgan fingerprint density at radius 2 is 1.97 bits per heavy atom. The van der Waals surface area contributed by atoms with Crippen molar-refractivity contribution in [3.63, 3.8) is 0 Å². The van der Waals surface area contributed by atoms with Crippen molar-refractivity contribution >= 4 is 28.4 Å². The molecule has 4 aromatic rings. The van der Waals surface area contributed by atoms with Gasteiger partial charge in [-0.2, -0.15) is 5.26 Å². The first-order valence-corrected chi connectivity index (χ1v) is 10.8. The van der Waals surface area contributed by atoms with Gasteiger partial charge in [-0.15, -0.1) is 0 Å². The highest BCUT2D eigenvalue weighted by molar-refractivity contribution is 6.06. The Balaban J connectivity index is 1.56. The highest BCUT2D eigenvalue weighted by Crippen LogP contribution is 2.27. The monoisotopic (exact) mass is 452 g/mol. The van der Waals surface area contributed by atoms with Gasteiger partial charge in [-0.1, -0.05) is 25.1 Å². The number of nitrogens with zero attached hydrogens (tertiary/aromatic N) is 5. The van der Waals surface area contributed by atoms with Crippen LogP contribution in [0.3, 0.4) is 0 Å². The fourth-order valence-corrected chi connectivity index (χ4v) is 3.80. The van der Waals surface area contributed by atoms with Crippen LogP contribution in [0.25, 0.3) is 22.2 Å². The van der Waals surface area contributed by atoms with Crippen LogP contribution in [-0.2, 0) is 0 Å². The van der Waals surface area contributed by atoms with Gasteiger partial charge >= 0.3 is 0 Å². The summed E-state index contributed by atoms with van der Waals surface area (Å²) in [6.45, 7) is 2.69. The van der Waals surface area contributed by atoms with Crippen molar-refractivity contribution in [3.05, 3.63) is 71.8 Å². The van der Waals surface area contributed by atoms with Gasteiger partial charge in [0.25, 0.3) is 5.91 Å². The SMILES string of the molecule is CNC(=O)c1ccnc2c([C@H](C)CNc3cc(-c4cnc(NC)c(C#N)c4)ncn3)cccc12. The summed E-state index contributed by atoms with van der Waals surface area (Å²) in [5, 5.41) is 19.1. The zero-order valence-electron chi connectivity index (χ0n) is 19.1. The van der Waals surface area contributed by atoms with Crippen LogP contribution < -0.4 is 16.0 Å². The molecule has 0 fully saturated rings. The van der Waals surface area contributed by atoms with Crippen molar-refractivity contribution in [2.45, 2.75) is 12.8 Å². The number of nitriles is 1. The maximum atomic E-state index is 12.3. The van der Waals surface area contributed by atoms with Crippen molar-refractivity contribution in [2.24, 2.45) is 0 Å². The zero-order chi connectivity index (χ0) is 24.1. The number of benzene rings is 1. The predicted molar refractivity (Wildman–Crippen MR) is 132 cm³/mol. The first kappa shape index (κ1) is 22.6. The van der Waals surface area contributed by atoms with Crippen molar-refractivity contribution in [1.29, 1.82) is 5.26 Å². The minimum atomic E-state index is -0.138. The molecule has 0 saturated carbocycles. The van der Waals surface area contributed by atoms with Gasteiger partial charge < -0.3 is 16.0 Å². The lowest BCUT2D eigenvalue weighted by molar-refractivity contribution is 0.0964. The summed E-state index contributed by atoms with van der Waals surface area (Å²) in [5.41, 5.74) is 4.29. The Bertz CT molecular complexity index is 1400. The van der Waals surface area contributed by atoms with E-state index in [1.165, 1.54) is 6.33 Å². The summed E-state index contributed by atoms with van der Waals surface area (Å²) < 4.78 is 0. The number of anilines is 2. The van der Waals surface area contributed by atoms with Gasteiger partial charge in [0.2, 0.25) is 0 Å². The quantitative estimate of drug-likeness (QED) is 0.388. The molecule has 0 unspecified atom stereocenters. The average Bonchev–Trinajstić information content (AvgIpc) is 2.90. The second kappa shape index (κ2) is 9.92. The Kier molecular flexibility index (Phi) is 6.59.